The van der Waals surface area contributed by atoms with Crippen LogP contribution in [0.1, 0.15) is 49.1 Å². The zero-order chi connectivity index (χ0) is 23.0. The Labute approximate surface area is 196 Å². The number of rotatable bonds is 8. The van der Waals surface area contributed by atoms with Crippen LogP contribution in [0.3, 0.4) is 0 Å². The molecule has 2 aromatic carbocycles. The molecule has 2 heterocycles. The van der Waals surface area contributed by atoms with E-state index in [4.69, 9.17) is 4.98 Å². The Kier molecular flexibility index (Phi) is 7.76. The lowest BCUT2D eigenvalue weighted by atomic mass is 10.1. The van der Waals surface area contributed by atoms with Crippen LogP contribution in [0.2, 0.25) is 0 Å². The minimum absolute atomic E-state index is 0.0362. The van der Waals surface area contributed by atoms with E-state index in [1.54, 1.807) is 0 Å². The quantitative estimate of drug-likeness (QED) is 0.531. The van der Waals surface area contributed by atoms with Gasteiger partial charge in [-0.2, -0.15) is 0 Å². The van der Waals surface area contributed by atoms with Crippen LogP contribution in [0.25, 0.3) is 11.0 Å². The van der Waals surface area contributed by atoms with Gasteiger partial charge in [0, 0.05) is 26.1 Å². The number of hydrogen-bond acceptors (Lipinski definition) is 3. The fourth-order valence-electron chi connectivity index (χ4n) is 4.57. The number of aryl methyl sites for hydroxylation is 2. The maximum absolute atomic E-state index is 13.1. The van der Waals surface area contributed by atoms with Crippen LogP contribution in [0.4, 0.5) is 0 Å². The zero-order valence-corrected chi connectivity index (χ0v) is 19.6. The van der Waals surface area contributed by atoms with Gasteiger partial charge in [0.15, 0.2) is 0 Å². The number of carbonyl (C=O) groups is 2. The number of nitrogens with zero attached hydrogens (tertiary/aromatic N) is 3. The van der Waals surface area contributed by atoms with E-state index in [0.29, 0.717) is 25.9 Å². The Bertz CT molecular complexity index is 1100. The van der Waals surface area contributed by atoms with Crippen molar-refractivity contribution in [2.75, 3.05) is 19.6 Å². The summed E-state index contributed by atoms with van der Waals surface area (Å²) in [6.07, 6.45) is 6.48. The van der Waals surface area contributed by atoms with Crippen LogP contribution in [0.5, 0.6) is 0 Å². The van der Waals surface area contributed by atoms with Crippen molar-refractivity contribution in [1.29, 1.82) is 0 Å². The van der Waals surface area contributed by atoms with E-state index >= 15 is 0 Å². The van der Waals surface area contributed by atoms with Crippen LogP contribution in [-0.2, 0) is 29.0 Å². The molecular weight excluding hydrogens is 412 g/mol. The summed E-state index contributed by atoms with van der Waals surface area (Å²) in [6.45, 7) is 4.66. The monoisotopic (exact) mass is 446 g/mol. The van der Waals surface area contributed by atoms with Crippen molar-refractivity contribution in [2.24, 2.45) is 0 Å². The van der Waals surface area contributed by atoms with Gasteiger partial charge in [0.1, 0.15) is 12.4 Å². The van der Waals surface area contributed by atoms with Crippen molar-refractivity contribution >= 4 is 22.8 Å². The summed E-state index contributed by atoms with van der Waals surface area (Å²) in [5.74, 6) is 1.12. The lowest BCUT2D eigenvalue weighted by Gasteiger charge is -2.21. The van der Waals surface area contributed by atoms with Crippen LogP contribution >= 0.6 is 0 Å². The van der Waals surface area contributed by atoms with E-state index in [2.05, 4.69) is 9.88 Å². The van der Waals surface area contributed by atoms with Crippen LogP contribution in [0.15, 0.2) is 48.5 Å². The predicted octanol–water partition coefficient (Wildman–Crippen LogP) is 4.04. The van der Waals surface area contributed by atoms with E-state index in [9.17, 15) is 9.59 Å². The van der Waals surface area contributed by atoms with E-state index < -0.39 is 0 Å². The Balaban J connectivity index is 1.36. The fraction of sp³-hybridized carbons (Fsp3) is 0.444. The molecule has 0 aliphatic carbocycles. The molecule has 1 fully saturated rings. The Hall–Kier alpha value is -3.15. The molecule has 2 amide bonds. The number of likely N-dealkylation sites (tertiary alicyclic amines) is 1. The van der Waals surface area contributed by atoms with Crippen LogP contribution in [-0.4, -0.2) is 45.9 Å². The third kappa shape index (κ3) is 6.01. The minimum Gasteiger partial charge on any atom is -0.356 e. The third-order valence-electron chi connectivity index (χ3n) is 6.50. The van der Waals surface area contributed by atoms with Crippen LogP contribution < -0.4 is 5.32 Å². The molecule has 4 rings (SSSR count). The number of fused-ring (bicyclic) bond motifs is 1. The van der Waals surface area contributed by atoms with Crippen molar-refractivity contribution in [3.8, 4) is 0 Å². The molecule has 6 heteroatoms. The summed E-state index contributed by atoms with van der Waals surface area (Å²) in [7, 11) is 0. The molecule has 1 saturated heterocycles. The fourth-order valence-corrected chi connectivity index (χ4v) is 4.57. The molecular formula is C27H34N4O2. The molecule has 0 saturated carbocycles. The number of imidazole rings is 1. The molecule has 0 atom stereocenters. The first-order valence-corrected chi connectivity index (χ1v) is 12.1. The molecule has 0 radical (unpaired) electrons. The molecule has 0 spiro atoms. The molecule has 1 aromatic heterocycles. The van der Waals surface area contributed by atoms with E-state index in [1.807, 2.05) is 60.4 Å². The Morgan fingerprint density at radius 3 is 2.48 bits per heavy atom. The van der Waals surface area contributed by atoms with Gasteiger partial charge in [-0.05, 0) is 49.4 Å². The molecule has 174 valence electrons. The average molecular weight is 447 g/mol. The number of carbonyl (C=O) groups excluding carboxylic acids is 2. The highest BCUT2D eigenvalue weighted by molar-refractivity contribution is 5.81. The number of nitrogens with one attached hydrogen (secondary N) is 1. The molecule has 33 heavy (non-hydrogen) atoms. The first kappa shape index (κ1) is 23.0. The lowest BCUT2D eigenvalue weighted by molar-refractivity contribution is -0.131. The number of hydrogen-bond donors (Lipinski definition) is 1. The molecule has 1 aliphatic heterocycles. The highest BCUT2D eigenvalue weighted by Crippen LogP contribution is 2.18. The molecule has 6 nitrogen and oxygen atoms in total. The van der Waals surface area contributed by atoms with Gasteiger partial charge in [0.25, 0.3) is 0 Å². The van der Waals surface area contributed by atoms with Gasteiger partial charge in [-0.15, -0.1) is 0 Å². The summed E-state index contributed by atoms with van der Waals surface area (Å²) in [5, 5.41) is 3.03. The highest BCUT2D eigenvalue weighted by atomic mass is 16.2. The van der Waals surface area contributed by atoms with Gasteiger partial charge >= 0.3 is 0 Å². The molecule has 3 aromatic rings. The maximum Gasteiger partial charge on any atom is 0.242 e. The number of para-hydroxylation sites is 2. The second kappa shape index (κ2) is 11.1. The summed E-state index contributed by atoms with van der Waals surface area (Å²) >= 11 is 0. The first-order valence-electron chi connectivity index (χ1n) is 12.1. The standard InChI is InChI=1S/C27H34N4O2/c1-21-11-4-5-12-22(21)19-26(32)28-16-10-15-25-29-23-13-6-7-14-24(23)31(25)20-27(33)30-17-8-2-3-9-18-30/h4-7,11-14H,2-3,8-10,15-20H2,1H3,(H,28,32). The van der Waals surface area contributed by atoms with Crippen molar-refractivity contribution in [2.45, 2.75) is 58.4 Å². The summed E-state index contributed by atoms with van der Waals surface area (Å²) < 4.78 is 2.07. The third-order valence-corrected chi connectivity index (χ3v) is 6.50. The molecule has 0 bridgehead atoms. The Morgan fingerprint density at radius 1 is 0.970 bits per heavy atom. The summed E-state index contributed by atoms with van der Waals surface area (Å²) in [6, 6.07) is 16.0. The number of amides is 2. The number of benzene rings is 2. The smallest absolute Gasteiger partial charge is 0.242 e. The highest BCUT2D eigenvalue weighted by Gasteiger charge is 2.19. The average Bonchev–Trinajstić information content (AvgIpc) is 2.98. The largest absolute Gasteiger partial charge is 0.356 e. The van der Waals surface area contributed by atoms with Gasteiger partial charge in [-0.25, -0.2) is 4.98 Å². The zero-order valence-electron chi connectivity index (χ0n) is 19.6. The van der Waals surface area contributed by atoms with Crippen molar-refractivity contribution < 1.29 is 9.59 Å². The van der Waals surface area contributed by atoms with Gasteiger partial charge in [-0.3, -0.25) is 9.59 Å². The van der Waals surface area contributed by atoms with Gasteiger partial charge in [0.2, 0.25) is 11.8 Å². The molecule has 1 N–H and O–H groups in total. The second-order valence-corrected chi connectivity index (χ2v) is 8.95. The van der Waals surface area contributed by atoms with E-state index in [1.165, 1.54) is 12.8 Å². The van der Waals surface area contributed by atoms with Crippen LogP contribution in [0, 0.1) is 6.92 Å². The molecule has 1 aliphatic rings. The first-order chi connectivity index (χ1) is 16.1. The van der Waals surface area contributed by atoms with E-state index in [0.717, 1.165) is 60.3 Å². The predicted molar refractivity (Wildman–Crippen MR) is 131 cm³/mol. The van der Waals surface area contributed by atoms with Crippen molar-refractivity contribution in [3.63, 3.8) is 0 Å². The van der Waals surface area contributed by atoms with Crippen molar-refractivity contribution in [3.05, 3.63) is 65.5 Å². The lowest BCUT2D eigenvalue weighted by Crippen LogP contribution is -2.35. The topological polar surface area (TPSA) is 67.2 Å². The van der Waals surface area contributed by atoms with Crippen molar-refractivity contribution in [1.82, 2.24) is 19.8 Å². The normalized spacial score (nSPS) is 14.3. The minimum atomic E-state index is 0.0362. The maximum atomic E-state index is 13.1. The SMILES string of the molecule is Cc1ccccc1CC(=O)NCCCc1nc2ccccc2n1CC(=O)N1CCCCCC1. The molecule has 0 unspecified atom stereocenters. The van der Waals surface area contributed by atoms with Gasteiger partial charge < -0.3 is 14.8 Å². The summed E-state index contributed by atoms with van der Waals surface area (Å²) in [5.41, 5.74) is 4.11. The summed E-state index contributed by atoms with van der Waals surface area (Å²) in [4.78, 5) is 32.2. The van der Waals surface area contributed by atoms with Gasteiger partial charge in [0.05, 0.1) is 17.5 Å². The van der Waals surface area contributed by atoms with E-state index in [-0.39, 0.29) is 11.8 Å². The number of aromatic nitrogens is 2. The Morgan fingerprint density at radius 2 is 1.70 bits per heavy atom. The second-order valence-electron chi connectivity index (χ2n) is 8.95. The van der Waals surface area contributed by atoms with Gasteiger partial charge in [-0.1, -0.05) is 49.2 Å².